The molecule has 10 nitrogen and oxygen atoms in total. The number of likely N-dealkylation sites (N-methyl/N-ethyl adjacent to an activating group) is 1. The Bertz CT molecular complexity index is 1590. The molecule has 46 heavy (non-hydrogen) atoms. The molecule has 0 amide bonds. The quantitative estimate of drug-likeness (QED) is 0.237. The lowest BCUT2D eigenvalue weighted by molar-refractivity contribution is 0.145. The van der Waals surface area contributed by atoms with Crippen molar-refractivity contribution < 1.29 is 4.43 Å². The molecule has 2 fully saturated rings. The van der Waals surface area contributed by atoms with Crippen molar-refractivity contribution in [3.8, 4) is 17.3 Å². The summed E-state index contributed by atoms with van der Waals surface area (Å²) in [6, 6.07) is 8.47. The average molecular weight is 642 g/mol. The number of nitriles is 1. The number of aryl methyl sites for hydroxylation is 1. The summed E-state index contributed by atoms with van der Waals surface area (Å²) in [5, 5.41) is 22.1. The average Bonchev–Trinajstić information content (AvgIpc) is 3.70. The van der Waals surface area contributed by atoms with Crippen molar-refractivity contribution in [3.05, 3.63) is 47.4 Å². The standard InChI is InChI=1S/C35H51N9OSi/c1-34(2,3)46(6,7)45-24-35(4)23-38-32-27(20-36)18-26(19-28(32)35)29-10-12-37-33(40-29)41-30-21-39-44(13-11-25-8-9-25)31(30)22-43-16-14-42(5)15-17-43/h10,12,18-19,21,25,38H,8-9,11,13-17,22-24H2,1-7H3,(H,37,40,41)/t35-/m1/s1. The fourth-order valence-corrected chi connectivity index (χ4v) is 7.22. The van der Waals surface area contributed by atoms with Crippen LogP contribution >= 0.6 is 0 Å². The van der Waals surface area contributed by atoms with Crippen LogP contribution in [0.2, 0.25) is 18.1 Å². The molecule has 0 radical (unpaired) electrons. The number of aromatic nitrogens is 4. The maximum absolute atomic E-state index is 10.1. The van der Waals surface area contributed by atoms with Gasteiger partial charge in [0.15, 0.2) is 8.32 Å². The molecule has 1 saturated carbocycles. The van der Waals surface area contributed by atoms with Crippen molar-refractivity contribution in [2.75, 3.05) is 57.0 Å². The third-order valence-corrected chi connectivity index (χ3v) is 15.2. The number of fused-ring (bicyclic) bond motifs is 1. The Hall–Kier alpha value is -3.30. The summed E-state index contributed by atoms with van der Waals surface area (Å²) < 4.78 is 8.90. The molecule has 0 unspecified atom stereocenters. The first-order valence-electron chi connectivity index (χ1n) is 16.9. The molecule has 2 aromatic heterocycles. The summed E-state index contributed by atoms with van der Waals surface area (Å²) in [6.07, 6.45) is 7.58. The third kappa shape index (κ3) is 7.00. The van der Waals surface area contributed by atoms with Crippen molar-refractivity contribution in [1.29, 1.82) is 5.26 Å². The highest BCUT2D eigenvalue weighted by Crippen LogP contribution is 2.44. The zero-order chi connectivity index (χ0) is 32.7. The second-order valence-corrected chi connectivity index (χ2v) is 20.3. The largest absolute Gasteiger partial charge is 0.416 e. The van der Waals surface area contributed by atoms with Crippen LogP contribution in [0.5, 0.6) is 0 Å². The molecular weight excluding hydrogens is 591 g/mol. The smallest absolute Gasteiger partial charge is 0.227 e. The number of nitrogens with one attached hydrogen (secondary N) is 2. The number of rotatable bonds is 11. The number of nitrogens with zero attached hydrogens (tertiary/aromatic N) is 7. The summed E-state index contributed by atoms with van der Waals surface area (Å²) in [5.74, 6) is 1.37. The second-order valence-electron chi connectivity index (χ2n) is 15.5. The lowest BCUT2D eigenvalue weighted by atomic mass is 9.83. The number of benzene rings is 1. The monoisotopic (exact) mass is 641 g/mol. The second kappa shape index (κ2) is 12.7. The normalized spacial score (nSPS) is 20.7. The van der Waals surface area contributed by atoms with Crippen LogP contribution in [0.1, 0.15) is 63.8 Å². The maximum Gasteiger partial charge on any atom is 0.227 e. The lowest BCUT2D eigenvalue weighted by Gasteiger charge is -2.39. The van der Waals surface area contributed by atoms with E-state index in [4.69, 9.17) is 14.5 Å². The van der Waals surface area contributed by atoms with Crippen LogP contribution in [0.25, 0.3) is 11.3 Å². The van der Waals surface area contributed by atoms with Gasteiger partial charge in [-0.25, -0.2) is 9.97 Å². The van der Waals surface area contributed by atoms with E-state index >= 15 is 0 Å². The lowest BCUT2D eigenvalue weighted by Crippen LogP contribution is -2.45. The van der Waals surface area contributed by atoms with Gasteiger partial charge in [-0.1, -0.05) is 40.5 Å². The summed E-state index contributed by atoms with van der Waals surface area (Å²) in [5.41, 5.74) is 6.22. The van der Waals surface area contributed by atoms with E-state index < -0.39 is 8.32 Å². The molecule has 1 atom stereocenters. The van der Waals surface area contributed by atoms with Crippen LogP contribution in [0, 0.1) is 17.2 Å². The van der Waals surface area contributed by atoms with Crippen LogP contribution in [-0.2, 0) is 22.9 Å². The minimum atomic E-state index is -1.95. The van der Waals surface area contributed by atoms with Crippen molar-refractivity contribution >= 4 is 25.6 Å². The van der Waals surface area contributed by atoms with E-state index in [1.807, 2.05) is 18.3 Å². The van der Waals surface area contributed by atoms with Crippen molar-refractivity contribution in [1.82, 2.24) is 29.5 Å². The Labute approximate surface area is 275 Å². The van der Waals surface area contributed by atoms with Crippen molar-refractivity contribution in [3.63, 3.8) is 0 Å². The highest BCUT2D eigenvalue weighted by atomic mass is 28.4. The Morgan fingerprint density at radius 1 is 1.17 bits per heavy atom. The first kappa shape index (κ1) is 32.6. The molecule has 1 saturated heterocycles. The van der Waals surface area contributed by atoms with Crippen LogP contribution < -0.4 is 10.6 Å². The van der Waals surface area contributed by atoms with E-state index in [9.17, 15) is 5.26 Å². The predicted molar refractivity (Wildman–Crippen MR) is 187 cm³/mol. The molecular formula is C35H51N9OSi. The van der Waals surface area contributed by atoms with Gasteiger partial charge in [0.1, 0.15) is 6.07 Å². The predicted octanol–water partition coefficient (Wildman–Crippen LogP) is 6.21. The molecule has 246 valence electrons. The first-order valence-corrected chi connectivity index (χ1v) is 19.8. The fourth-order valence-electron chi connectivity index (χ4n) is 6.11. The van der Waals surface area contributed by atoms with Crippen molar-refractivity contribution in [2.24, 2.45) is 5.92 Å². The number of piperazine rings is 1. The van der Waals surface area contributed by atoms with Crippen LogP contribution in [-0.4, -0.2) is 84.2 Å². The Morgan fingerprint density at radius 2 is 1.93 bits per heavy atom. The van der Waals surface area contributed by atoms with Gasteiger partial charge in [-0.2, -0.15) is 10.4 Å². The maximum atomic E-state index is 10.1. The topological polar surface area (TPSA) is 107 Å². The van der Waals surface area contributed by atoms with Gasteiger partial charge in [0, 0.05) is 69.6 Å². The van der Waals surface area contributed by atoms with Gasteiger partial charge >= 0.3 is 0 Å². The minimum Gasteiger partial charge on any atom is -0.416 e. The molecule has 3 aromatic rings. The number of hydrogen-bond acceptors (Lipinski definition) is 9. The molecule has 6 rings (SSSR count). The van der Waals surface area contributed by atoms with Gasteiger partial charge in [0.05, 0.1) is 34.5 Å². The summed E-state index contributed by atoms with van der Waals surface area (Å²) in [6.45, 7) is 21.0. The fraction of sp³-hybridized carbons (Fsp3) is 0.600. The molecule has 0 spiro atoms. The molecule has 2 N–H and O–H groups in total. The van der Waals surface area contributed by atoms with E-state index in [1.54, 1.807) is 6.20 Å². The highest BCUT2D eigenvalue weighted by Gasteiger charge is 2.42. The van der Waals surface area contributed by atoms with E-state index in [2.05, 4.69) is 90.1 Å². The molecule has 3 aliphatic rings. The van der Waals surface area contributed by atoms with Gasteiger partial charge < -0.3 is 20.0 Å². The third-order valence-electron chi connectivity index (χ3n) is 10.7. The van der Waals surface area contributed by atoms with E-state index in [1.165, 1.54) is 25.0 Å². The Balaban J connectivity index is 1.26. The molecule has 4 heterocycles. The van der Waals surface area contributed by atoms with Gasteiger partial charge in [-0.3, -0.25) is 9.58 Å². The van der Waals surface area contributed by atoms with Gasteiger partial charge in [-0.15, -0.1) is 0 Å². The number of hydrogen-bond donors (Lipinski definition) is 2. The first-order chi connectivity index (χ1) is 21.8. The summed E-state index contributed by atoms with van der Waals surface area (Å²) >= 11 is 0. The highest BCUT2D eigenvalue weighted by molar-refractivity contribution is 6.74. The van der Waals surface area contributed by atoms with Gasteiger partial charge in [0.25, 0.3) is 0 Å². The van der Waals surface area contributed by atoms with Crippen LogP contribution in [0.4, 0.5) is 17.3 Å². The summed E-state index contributed by atoms with van der Waals surface area (Å²) in [4.78, 5) is 14.5. The molecule has 1 aliphatic carbocycles. The zero-order valence-corrected chi connectivity index (χ0v) is 29.8. The molecule has 11 heteroatoms. The van der Waals surface area contributed by atoms with Crippen LogP contribution in [0.15, 0.2) is 30.6 Å². The summed E-state index contributed by atoms with van der Waals surface area (Å²) in [7, 11) is 0.243. The van der Waals surface area contributed by atoms with E-state index in [0.717, 1.165) is 79.9 Å². The zero-order valence-electron chi connectivity index (χ0n) is 28.8. The van der Waals surface area contributed by atoms with Crippen molar-refractivity contribution in [2.45, 2.75) is 83.6 Å². The van der Waals surface area contributed by atoms with Gasteiger partial charge in [0.2, 0.25) is 5.95 Å². The Kier molecular flexibility index (Phi) is 9.02. The molecule has 2 aliphatic heterocycles. The van der Waals surface area contributed by atoms with Gasteiger partial charge in [-0.05, 0) is 61.3 Å². The van der Waals surface area contributed by atoms with E-state index in [0.29, 0.717) is 18.1 Å². The molecule has 1 aromatic carbocycles. The SMILES string of the molecule is CN1CCN(Cc2c(Nc3nccc(-c4cc(C#N)c5c(c4)[C@@](C)(CO[Si](C)(C)C(C)(C)C)CN5)n3)cnn2CCC2CC2)CC1. The molecule has 0 bridgehead atoms. The van der Waals surface area contributed by atoms with E-state index in [-0.39, 0.29) is 10.5 Å². The Morgan fingerprint density at radius 3 is 2.63 bits per heavy atom. The number of anilines is 3. The van der Waals surface area contributed by atoms with Crippen LogP contribution in [0.3, 0.4) is 0 Å². The minimum absolute atomic E-state index is 0.125.